The molecule has 2 N–H and O–H groups in total. The Morgan fingerprint density at radius 2 is 1.39 bits per heavy atom. The number of hydrogen-bond donors (Lipinski definition) is 2. The van der Waals surface area contributed by atoms with E-state index in [4.69, 9.17) is 14.2 Å². The topological polar surface area (TPSA) is 119 Å². The van der Waals surface area contributed by atoms with Crippen LogP contribution in [0.5, 0.6) is 0 Å². The highest BCUT2D eigenvalue weighted by molar-refractivity contribution is 5.90. The van der Waals surface area contributed by atoms with E-state index < -0.39 is 42.3 Å². The minimum atomic E-state index is -1.51. The van der Waals surface area contributed by atoms with Crippen molar-refractivity contribution in [2.24, 2.45) is 0 Å². The van der Waals surface area contributed by atoms with Crippen molar-refractivity contribution in [3.63, 3.8) is 0 Å². The molecule has 162 valence electrons. The highest BCUT2D eigenvalue weighted by Gasteiger charge is 2.43. The van der Waals surface area contributed by atoms with Gasteiger partial charge in [-0.05, 0) is 35.9 Å². The molecular formula is C23H22O8. The first kappa shape index (κ1) is 22.2. The summed E-state index contributed by atoms with van der Waals surface area (Å²) in [7, 11) is 0. The summed E-state index contributed by atoms with van der Waals surface area (Å²) >= 11 is 0. The maximum absolute atomic E-state index is 12.4. The normalized spacial score (nSPS) is 22.7. The van der Waals surface area contributed by atoms with Gasteiger partial charge in [-0.25, -0.2) is 9.59 Å². The number of carbonyl (C=O) groups excluding carboxylic acids is 3. The monoisotopic (exact) mass is 426 g/mol. The Morgan fingerprint density at radius 1 is 0.839 bits per heavy atom. The molecule has 0 fully saturated rings. The Labute approximate surface area is 178 Å². The molecule has 0 aliphatic heterocycles. The lowest BCUT2D eigenvalue weighted by Gasteiger charge is -2.36. The third kappa shape index (κ3) is 5.56. The van der Waals surface area contributed by atoms with Gasteiger partial charge < -0.3 is 24.4 Å². The Bertz CT molecular complexity index is 954. The highest BCUT2D eigenvalue weighted by Crippen LogP contribution is 2.26. The van der Waals surface area contributed by atoms with Crippen LogP contribution in [0.25, 0.3) is 0 Å². The number of carbonyl (C=O) groups is 3. The van der Waals surface area contributed by atoms with Crippen LogP contribution < -0.4 is 0 Å². The van der Waals surface area contributed by atoms with Crippen LogP contribution in [0, 0.1) is 0 Å². The van der Waals surface area contributed by atoms with Gasteiger partial charge in [-0.1, -0.05) is 36.4 Å². The molecule has 2 aromatic carbocycles. The van der Waals surface area contributed by atoms with Crippen molar-refractivity contribution in [2.75, 3.05) is 6.61 Å². The number of hydrogen-bond acceptors (Lipinski definition) is 8. The van der Waals surface area contributed by atoms with E-state index in [2.05, 4.69) is 0 Å². The molecular weight excluding hydrogens is 404 g/mol. The van der Waals surface area contributed by atoms with Crippen LogP contribution in [0.1, 0.15) is 27.6 Å². The van der Waals surface area contributed by atoms with Gasteiger partial charge >= 0.3 is 17.9 Å². The molecule has 3 rings (SSSR count). The fourth-order valence-corrected chi connectivity index (χ4v) is 3.13. The Kier molecular flexibility index (Phi) is 7.17. The van der Waals surface area contributed by atoms with Crippen LogP contribution >= 0.6 is 0 Å². The molecule has 0 radical (unpaired) electrons. The summed E-state index contributed by atoms with van der Waals surface area (Å²) < 4.78 is 15.6. The fraction of sp³-hybridized carbons (Fsp3) is 0.261. The molecule has 0 aromatic heterocycles. The van der Waals surface area contributed by atoms with Gasteiger partial charge in [-0.15, -0.1) is 0 Å². The van der Waals surface area contributed by atoms with Crippen LogP contribution in [0.3, 0.4) is 0 Å². The van der Waals surface area contributed by atoms with Gasteiger partial charge in [0.2, 0.25) is 0 Å². The molecule has 4 unspecified atom stereocenters. The summed E-state index contributed by atoms with van der Waals surface area (Å²) in [5.74, 6) is -2.07. The number of benzene rings is 2. The van der Waals surface area contributed by atoms with E-state index in [0.29, 0.717) is 5.56 Å². The van der Waals surface area contributed by atoms with Gasteiger partial charge in [-0.2, -0.15) is 0 Å². The first-order valence-electron chi connectivity index (χ1n) is 9.59. The molecule has 8 heteroatoms. The van der Waals surface area contributed by atoms with Crippen molar-refractivity contribution >= 4 is 17.9 Å². The van der Waals surface area contributed by atoms with Gasteiger partial charge in [0, 0.05) is 6.92 Å². The molecule has 0 saturated heterocycles. The summed E-state index contributed by atoms with van der Waals surface area (Å²) in [5, 5.41) is 21.2. The third-order valence-corrected chi connectivity index (χ3v) is 4.68. The summed E-state index contributed by atoms with van der Waals surface area (Å²) in [6.45, 7) is 0.810. The summed E-state index contributed by atoms with van der Waals surface area (Å²) in [5.41, 5.74) is 0.668. The predicted molar refractivity (Wildman–Crippen MR) is 108 cm³/mol. The molecule has 2 aromatic rings. The number of ether oxygens (including phenoxy) is 3. The average molecular weight is 426 g/mol. The van der Waals surface area contributed by atoms with Gasteiger partial charge in [0.25, 0.3) is 0 Å². The Hall–Kier alpha value is -3.49. The highest BCUT2D eigenvalue weighted by atomic mass is 16.6. The fourth-order valence-electron chi connectivity index (χ4n) is 3.13. The molecule has 8 nitrogen and oxygen atoms in total. The Balaban J connectivity index is 1.77. The summed E-state index contributed by atoms with van der Waals surface area (Å²) in [4.78, 5) is 36.1. The van der Waals surface area contributed by atoms with Crippen LogP contribution in [-0.4, -0.2) is 59.1 Å². The number of rotatable bonds is 6. The third-order valence-electron chi connectivity index (χ3n) is 4.68. The number of esters is 3. The van der Waals surface area contributed by atoms with E-state index in [1.807, 2.05) is 0 Å². The second-order valence-electron chi connectivity index (χ2n) is 6.93. The predicted octanol–water partition coefficient (Wildman–Crippen LogP) is 1.66. The Morgan fingerprint density at radius 3 is 1.94 bits per heavy atom. The lowest BCUT2D eigenvalue weighted by molar-refractivity contribution is -0.158. The zero-order chi connectivity index (χ0) is 22.4. The average Bonchev–Trinajstić information content (AvgIpc) is 2.78. The van der Waals surface area contributed by atoms with Gasteiger partial charge in [-0.3, -0.25) is 4.79 Å². The number of aliphatic hydroxyl groups excluding tert-OH is 2. The number of aliphatic hydroxyl groups is 2. The minimum absolute atomic E-state index is 0.131. The van der Waals surface area contributed by atoms with Gasteiger partial charge in [0.15, 0.2) is 6.10 Å². The van der Waals surface area contributed by atoms with Crippen molar-refractivity contribution in [1.82, 2.24) is 0 Å². The smallest absolute Gasteiger partial charge is 0.338 e. The molecule has 0 bridgehead atoms. The van der Waals surface area contributed by atoms with Crippen LogP contribution in [0.4, 0.5) is 0 Å². The SMILES string of the molecule is CC(=O)OC1C=C(COC(=O)c2ccccc2)C(O)C(OC(=O)c2ccccc2)C1O. The largest absolute Gasteiger partial charge is 0.457 e. The van der Waals surface area contributed by atoms with Crippen molar-refractivity contribution in [3.05, 3.63) is 83.4 Å². The maximum Gasteiger partial charge on any atom is 0.338 e. The minimum Gasteiger partial charge on any atom is -0.457 e. The van der Waals surface area contributed by atoms with Crippen LogP contribution in [0.15, 0.2) is 72.3 Å². The van der Waals surface area contributed by atoms with Crippen molar-refractivity contribution < 1.29 is 38.8 Å². The first-order valence-corrected chi connectivity index (χ1v) is 9.59. The molecule has 0 spiro atoms. The molecule has 0 saturated carbocycles. The van der Waals surface area contributed by atoms with E-state index in [1.54, 1.807) is 48.5 Å². The van der Waals surface area contributed by atoms with E-state index in [-0.39, 0.29) is 17.7 Å². The van der Waals surface area contributed by atoms with Crippen molar-refractivity contribution in [1.29, 1.82) is 0 Å². The summed E-state index contributed by atoms with van der Waals surface area (Å²) in [6.07, 6.45) is -4.33. The zero-order valence-corrected chi connectivity index (χ0v) is 16.7. The molecule has 31 heavy (non-hydrogen) atoms. The summed E-state index contributed by atoms with van der Waals surface area (Å²) in [6, 6.07) is 16.3. The van der Waals surface area contributed by atoms with E-state index in [9.17, 15) is 24.6 Å². The standard InChI is InChI=1S/C23H22O8/c1-14(24)30-18-12-17(13-29-22(27)15-8-4-2-5-9-15)19(25)21(20(18)26)31-23(28)16-10-6-3-7-11-16/h2-12,18-21,25-26H,13H2,1H3. The lowest BCUT2D eigenvalue weighted by Crippen LogP contribution is -2.52. The van der Waals surface area contributed by atoms with E-state index >= 15 is 0 Å². The zero-order valence-electron chi connectivity index (χ0n) is 16.7. The van der Waals surface area contributed by atoms with E-state index in [1.165, 1.54) is 18.2 Å². The molecule has 1 aliphatic rings. The second-order valence-corrected chi connectivity index (χ2v) is 6.93. The maximum atomic E-state index is 12.4. The first-order chi connectivity index (χ1) is 14.9. The molecule has 0 heterocycles. The molecule has 1 aliphatic carbocycles. The van der Waals surface area contributed by atoms with Crippen LogP contribution in [0.2, 0.25) is 0 Å². The second kappa shape index (κ2) is 10.0. The van der Waals surface area contributed by atoms with Gasteiger partial charge in [0.1, 0.15) is 24.9 Å². The van der Waals surface area contributed by atoms with Crippen molar-refractivity contribution in [2.45, 2.75) is 31.3 Å². The van der Waals surface area contributed by atoms with Gasteiger partial charge in [0.05, 0.1) is 11.1 Å². The van der Waals surface area contributed by atoms with Crippen molar-refractivity contribution in [3.8, 4) is 0 Å². The quantitative estimate of drug-likeness (QED) is 0.407. The van der Waals surface area contributed by atoms with Crippen LogP contribution in [-0.2, 0) is 19.0 Å². The molecule has 0 amide bonds. The van der Waals surface area contributed by atoms with E-state index in [0.717, 1.165) is 6.92 Å². The molecule has 4 atom stereocenters. The lowest BCUT2D eigenvalue weighted by atomic mass is 9.89.